The lowest BCUT2D eigenvalue weighted by atomic mass is 10.1. The van der Waals surface area contributed by atoms with Crippen molar-refractivity contribution in [2.45, 2.75) is 6.92 Å². The van der Waals surface area contributed by atoms with E-state index in [9.17, 15) is 4.79 Å². The van der Waals surface area contributed by atoms with Gasteiger partial charge in [-0.2, -0.15) is 0 Å². The summed E-state index contributed by atoms with van der Waals surface area (Å²) in [7, 11) is 1.59. The van der Waals surface area contributed by atoms with E-state index in [-0.39, 0.29) is 12.5 Å². The van der Waals surface area contributed by atoms with E-state index in [1.807, 2.05) is 25.1 Å². The van der Waals surface area contributed by atoms with Gasteiger partial charge in [0, 0.05) is 16.3 Å². The number of aryl methyl sites for hydroxylation is 1. The third kappa shape index (κ3) is 4.39. The summed E-state index contributed by atoms with van der Waals surface area (Å²) in [4.78, 5) is 16.7. The Morgan fingerprint density at radius 3 is 2.57 bits per heavy atom. The smallest absolute Gasteiger partial charge is 0.262 e. The maximum Gasteiger partial charge on any atom is 0.262 e. The predicted octanol–water partition coefficient (Wildman–Crippen LogP) is 5.48. The van der Waals surface area contributed by atoms with Crippen molar-refractivity contribution < 1.29 is 18.7 Å². The molecule has 3 aromatic carbocycles. The van der Waals surface area contributed by atoms with E-state index in [0.717, 1.165) is 16.9 Å². The van der Waals surface area contributed by atoms with Gasteiger partial charge in [-0.3, -0.25) is 4.79 Å². The number of ether oxygens (including phenoxy) is 2. The van der Waals surface area contributed by atoms with Gasteiger partial charge in [-0.25, -0.2) is 4.98 Å². The van der Waals surface area contributed by atoms with E-state index < -0.39 is 0 Å². The van der Waals surface area contributed by atoms with Gasteiger partial charge in [-0.15, -0.1) is 0 Å². The largest absolute Gasteiger partial charge is 0.497 e. The molecule has 1 heterocycles. The minimum absolute atomic E-state index is 0.115. The van der Waals surface area contributed by atoms with Crippen LogP contribution >= 0.6 is 11.6 Å². The highest BCUT2D eigenvalue weighted by Crippen LogP contribution is 2.29. The number of nitrogens with one attached hydrogen (secondary N) is 1. The summed E-state index contributed by atoms with van der Waals surface area (Å²) in [5.74, 6) is 1.50. The first kappa shape index (κ1) is 19.8. The van der Waals surface area contributed by atoms with Gasteiger partial charge in [0.05, 0.1) is 7.11 Å². The van der Waals surface area contributed by atoms with E-state index in [1.165, 1.54) is 0 Å². The number of amides is 1. The maximum absolute atomic E-state index is 12.2. The molecule has 0 aliphatic rings. The Hall–Kier alpha value is -3.51. The molecule has 1 aromatic heterocycles. The average Bonchev–Trinajstić information content (AvgIpc) is 3.18. The zero-order chi connectivity index (χ0) is 21.1. The molecule has 0 spiro atoms. The molecule has 0 atom stereocenters. The Morgan fingerprint density at radius 2 is 1.83 bits per heavy atom. The Bertz CT molecular complexity index is 1200. The number of hydrogen-bond acceptors (Lipinski definition) is 5. The molecule has 0 radical (unpaired) electrons. The molecule has 7 heteroatoms. The number of aromatic nitrogens is 1. The number of hydrogen-bond donors (Lipinski definition) is 1. The number of benzene rings is 3. The summed E-state index contributed by atoms with van der Waals surface area (Å²) in [5.41, 5.74) is 3.64. The predicted molar refractivity (Wildman–Crippen MR) is 116 cm³/mol. The van der Waals surface area contributed by atoms with Gasteiger partial charge in [-0.1, -0.05) is 17.7 Å². The first-order chi connectivity index (χ1) is 14.5. The quantitative estimate of drug-likeness (QED) is 0.445. The van der Waals surface area contributed by atoms with Crippen LogP contribution in [0.15, 0.2) is 65.1 Å². The molecule has 0 fully saturated rings. The van der Waals surface area contributed by atoms with Crippen LogP contribution in [-0.4, -0.2) is 24.6 Å². The van der Waals surface area contributed by atoms with E-state index in [0.29, 0.717) is 33.4 Å². The molecule has 6 nitrogen and oxygen atoms in total. The van der Waals surface area contributed by atoms with Crippen molar-refractivity contribution in [3.8, 4) is 23.0 Å². The highest BCUT2D eigenvalue weighted by atomic mass is 35.5. The summed E-state index contributed by atoms with van der Waals surface area (Å²) in [6.07, 6.45) is 0. The summed E-state index contributed by atoms with van der Waals surface area (Å²) in [6, 6.07) is 17.9. The van der Waals surface area contributed by atoms with Crippen molar-refractivity contribution in [2.24, 2.45) is 0 Å². The fraction of sp³-hybridized carbons (Fsp3) is 0.130. The molecule has 4 rings (SSSR count). The highest BCUT2D eigenvalue weighted by molar-refractivity contribution is 6.31. The van der Waals surface area contributed by atoms with Crippen LogP contribution in [0.4, 0.5) is 5.69 Å². The second-order valence-corrected chi connectivity index (χ2v) is 7.09. The van der Waals surface area contributed by atoms with Crippen LogP contribution in [0.3, 0.4) is 0 Å². The number of rotatable bonds is 6. The number of nitrogens with zero attached hydrogens (tertiary/aromatic N) is 1. The minimum Gasteiger partial charge on any atom is -0.497 e. The standard InChI is InChI=1S/C23H19ClN2O4/c1-14-3-4-15(11-19(14)24)23-26-20-12-16(5-10-21(20)30-23)25-22(27)13-29-18-8-6-17(28-2)7-9-18/h3-12H,13H2,1-2H3,(H,25,27). The van der Waals surface area contributed by atoms with E-state index in [4.69, 9.17) is 25.5 Å². The van der Waals surface area contributed by atoms with Gasteiger partial charge >= 0.3 is 0 Å². The Balaban J connectivity index is 1.43. The zero-order valence-electron chi connectivity index (χ0n) is 16.4. The third-order valence-electron chi connectivity index (χ3n) is 4.52. The molecule has 0 aliphatic heterocycles. The molecule has 0 unspecified atom stereocenters. The van der Waals surface area contributed by atoms with Crippen LogP contribution in [0.25, 0.3) is 22.6 Å². The molecular weight excluding hydrogens is 404 g/mol. The van der Waals surface area contributed by atoms with Crippen molar-refractivity contribution >= 4 is 34.3 Å². The molecule has 1 amide bonds. The number of methoxy groups -OCH3 is 1. The topological polar surface area (TPSA) is 73.6 Å². The van der Waals surface area contributed by atoms with Gasteiger partial charge in [0.2, 0.25) is 5.89 Å². The first-order valence-electron chi connectivity index (χ1n) is 9.25. The van der Waals surface area contributed by atoms with E-state index in [2.05, 4.69) is 10.3 Å². The van der Waals surface area contributed by atoms with Gasteiger partial charge in [0.1, 0.15) is 17.0 Å². The molecule has 0 saturated heterocycles. The number of carbonyl (C=O) groups excluding carboxylic acids is 1. The summed E-state index contributed by atoms with van der Waals surface area (Å²) in [6.45, 7) is 1.82. The Kier molecular flexibility index (Phi) is 5.59. The number of carbonyl (C=O) groups is 1. The fourth-order valence-electron chi connectivity index (χ4n) is 2.87. The first-order valence-corrected chi connectivity index (χ1v) is 9.63. The highest BCUT2D eigenvalue weighted by Gasteiger charge is 2.11. The van der Waals surface area contributed by atoms with Crippen LogP contribution in [0.2, 0.25) is 5.02 Å². The lowest BCUT2D eigenvalue weighted by Crippen LogP contribution is -2.20. The molecule has 30 heavy (non-hydrogen) atoms. The Labute approximate surface area is 178 Å². The molecule has 1 N–H and O–H groups in total. The van der Waals surface area contributed by atoms with Gasteiger partial charge in [-0.05, 0) is 67.1 Å². The fourth-order valence-corrected chi connectivity index (χ4v) is 3.05. The number of halogens is 1. The van der Waals surface area contributed by atoms with Crippen LogP contribution in [0.1, 0.15) is 5.56 Å². The second-order valence-electron chi connectivity index (χ2n) is 6.68. The SMILES string of the molecule is COc1ccc(OCC(=O)Nc2ccc3oc(-c4ccc(C)c(Cl)c4)nc3c2)cc1. The van der Waals surface area contributed by atoms with Crippen molar-refractivity contribution in [3.05, 3.63) is 71.2 Å². The lowest BCUT2D eigenvalue weighted by molar-refractivity contribution is -0.118. The van der Waals surface area contributed by atoms with Gasteiger partial charge in [0.25, 0.3) is 5.91 Å². The normalized spacial score (nSPS) is 10.8. The maximum atomic E-state index is 12.2. The van der Waals surface area contributed by atoms with E-state index >= 15 is 0 Å². The van der Waals surface area contributed by atoms with Crippen molar-refractivity contribution in [1.82, 2.24) is 4.98 Å². The monoisotopic (exact) mass is 422 g/mol. The van der Waals surface area contributed by atoms with Crippen LogP contribution in [0.5, 0.6) is 11.5 Å². The summed E-state index contributed by atoms with van der Waals surface area (Å²) < 4.78 is 16.4. The molecular formula is C23H19ClN2O4. The van der Waals surface area contributed by atoms with Crippen molar-refractivity contribution in [1.29, 1.82) is 0 Å². The lowest BCUT2D eigenvalue weighted by Gasteiger charge is -2.08. The second kappa shape index (κ2) is 8.47. The van der Waals surface area contributed by atoms with Crippen LogP contribution in [0, 0.1) is 6.92 Å². The molecule has 0 bridgehead atoms. The molecule has 152 valence electrons. The number of anilines is 1. The van der Waals surface area contributed by atoms with E-state index in [1.54, 1.807) is 49.6 Å². The number of oxazole rings is 1. The summed E-state index contributed by atoms with van der Waals surface area (Å²) >= 11 is 6.20. The summed E-state index contributed by atoms with van der Waals surface area (Å²) in [5, 5.41) is 3.45. The van der Waals surface area contributed by atoms with Crippen molar-refractivity contribution in [3.63, 3.8) is 0 Å². The van der Waals surface area contributed by atoms with Crippen LogP contribution in [-0.2, 0) is 4.79 Å². The number of fused-ring (bicyclic) bond motifs is 1. The molecule has 0 saturated carbocycles. The van der Waals surface area contributed by atoms with Crippen molar-refractivity contribution in [2.75, 3.05) is 19.0 Å². The average molecular weight is 423 g/mol. The molecule has 4 aromatic rings. The van der Waals surface area contributed by atoms with Gasteiger partial charge < -0.3 is 19.2 Å². The van der Waals surface area contributed by atoms with Gasteiger partial charge in [0.15, 0.2) is 12.2 Å². The van der Waals surface area contributed by atoms with Crippen LogP contribution < -0.4 is 14.8 Å². The third-order valence-corrected chi connectivity index (χ3v) is 4.93. The zero-order valence-corrected chi connectivity index (χ0v) is 17.2. The molecule has 0 aliphatic carbocycles. The minimum atomic E-state index is -0.279. The Morgan fingerprint density at radius 1 is 1.07 bits per heavy atom.